The third kappa shape index (κ3) is 4.06. The van der Waals surface area contributed by atoms with Gasteiger partial charge in [-0.25, -0.2) is 14.6 Å². The van der Waals surface area contributed by atoms with Gasteiger partial charge in [-0.05, 0) is 23.8 Å². The maximum absolute atomic E-state index is 13.8. The Bertz CT molecular complexity index is 1310. The summed E-state index contributed by atoms with van der Waals surface area (Å²) in [6, 6.07) is 9.00. The number of nitrogens with one attached hydrogen (secondary N) is 2. The van der Waals surface area contributed by atoms with Gasteiger partial charge in [-0.3, -0.25) is 4.79 Å². The Kier molecular flexibility index (Phi) is 6.07. The first-order valence-corrected chi connectivity index (χ1v) is 11.6. The molecule has 1 aliphatic heterocycles. The largest absolute Gasteiger partial charge is 0.394 e. The molecule has 2 atom stereocenters. The summed E-state index contributed by atoms with van der Waals surface area (Å²) >= 11 is 6.07. The van der Waals surface area contributed by atoms with E-state index in [9.17, 15) is 9.90 Å². The van der Waals surface area contributed by atoms with E-state index in [0.717, 1.165) is 27.9 Å². The Morgan fingerprint density at radius 3 is 2.79 bits per heavy atom. The molecule has 1 unspecified atom stereocenters. The minimum absolute atomic E-state index is 0.0610. The number of amides is 1. The van der Waals surface area contributed by atoms with Crippen molar-refractivity contribution in [3.05, 3.63) is 70.9 Å². The molecule has 0 saturated heterocycles. The van der Waals surface area contributed by atoms with Gasteiger partial charge >= 0.3 is 0 Å². The van der Waals surface area contributed by atoms with E-state index in [1.54, 1.807) is 27.9 Å². The van der Waals surface area contributed by atoms with Gasteiger partial charge < -0.3 is 20.3 Å². The van der Waals surface area contributed by atoms with Gasteiger partial charge in [0.15, 0.2) is 5.82 Å². The number of rotatable bonds is 7. The zero-order chi connectivity index (χ0) is 23.8. The summed E-state index contributed by atoms with van der Waals surface area (Å²) in [5.41, 5.74) is 3.18. The van der Waals surface area contributed by atoms with Gasteiger partial charge in [0.05, 0.1) is 36.2 Å². The van der Waals surface area contributed by atoms with Gasteiger partial charge in [-0.2, -0.15) is 5.10 Å². The van der Waals surface area contributed by atoms with Crippen LogP contribution in [0.5, 0.6) is 0 Å². The molecule has 10 heteroatoms. The normalized spacial score (nSPS) is 16.4. The molecule has 4 aromatic rings. The molecule has 4 heterocycles. The Labute approximate surface area is 201 Å². The van der Waals surface area contributed by atoms with Crippen LogP contribution < -0.4 is 5.32 Å². The summed E-state index contributed by atoms with van der Waals surface area (Å²) in [6.07, 6.45) is 5.14. The number of carbonyl (C=O) groups excluding carboxylic acids is 1. The monoisotopic (exact) mass is 479 g/mol. The smallest absolute Gasteiger partial charge is 0.232 e. The minimum Gasteiger partial charge on any atom is -0.394 e. The van der Waals surface area contributed by atoms with Crippen molar-refractivity contribution in [2.75, 3.05) is 13.2 Å². The highest BCUT2D eigenvalue weighted by Crippen LogP contribution is 2.36. The zero-order valence-corrected chi connectivity index (χ0v) is 19.7. The van der Waals surface area contributed by atoms with Crippen molar-refractivity contribution in [1.29, 1.82) is 0 Å². The number of nitrogens with zero attached hydrogens (tertiary/aromatic N) is 5. The molecule has 0 saturated carbocycles. The SMILES string of the molecule is CC(C)NCC(C(=O)N1Cc2nn(-c3ncnc4[nH]ccc34)cc2[C@H]1CO)c1ccc(Cl)cc1. The van der Waals surface area contributed by atoms with E-state index in [-0.39, 0.29) is 18.6 Å². The molecule has 3 N–H and O–H groups in total. The summed E-state index contributed by atoms with van der Waals surface area (Å²) in [7, 11) is 0. The average Bonchev–Trinajstić information content (AvgIpc) is 3.53. The van der Waals surface area contributed by atoms with Crippen molar-refractivity contribution in [2.24, 2.45) is 0 Å². The third-order valence-electron chi connectivity index (χ3n) is 6.19. The number of aromatic amines is 1. The van der Waals surface area contributed by atoms with Crippen LogP contribution in [0.1, 0.15) is 42.6 Å². The minimum atomic E-state index is -0.478. The van der Waals surface area contributed by atoms with Crippen molar-refractivity contribution in [3.8, 4) is 5.82 Å². The lowest BCUT2D eigenvalue weighted by Crippen LogP contribution is -2.40. The molecule has 176 valence electrons. The van der Waals surface area contributed by atoms with E-state index in [1.165, 1.54) is 6.33 Å². The van der Waals surface area contributed by atoms with Crippen LogP contribution in [0.15, 0.2) is 49.1 Å². The van der Waals surface area contributed by atoms with E-state index in [4.69, 9.17) is 16.7 Å². The number of hydrogen-bond donors (Lipinski definition) is 3. The lowest BCUT2D eigenvalue weighted by molar-refractivity contribution is -0.136. The predicted molar refractivity (Wildman–Crippen MR) is 129 cm³/mol. The Morgan fingerprint density at radius 1 is 1.26 bits per heavy atom. The fraction of sp³-hybridized carbons (Fsp3) is 0.333. The van der Waals surface area contributed by atoms with E-state index in [1.807, 2.05) is 38.2 Å². The van der Waals surface area contributed by atoms with Crippen LogP contribution in [0, 0.1) is 0 Å². The van der Waals surface area contributed by atoms with Crippen molar-refractivity contribution >= 4 is 28.5 Å². The standard InChI is InChI=1S/C24H26ClN7O2/c1-14(2)27-9-18(15-3-5-16(25)6-4-15)24(34)31-11-20-19(21(31)12-33)10-32(30-20)23-17-7-8-26-22(17)28-13-29-23/h3-8,10,13-14,18,21,27,33H,9,11-12H2,1-2H3,(H,26,28,29)/t18?,21-/m1/s1. The third-order valence-corrected chi connectivity index (χ3v) is 6.44. The Morgan fingerprint density at radius 2 is 2.06 bits per heavy atom. The highest BCUT2D eigenvalue weighted by atomic mass is 35.5. The molecule has 0 fully saturated rings. The van der Waals surface area contributed by atoms with Crippen molar-refractivity contribution < 1.29 is 9.90 Å². The molecule has 0 bridgehead atoms. The molecule has 1 aromatic carbocycles. The summed E-state index contributed by atoms with van der Waals surface area (Å²) < 4.78 is 1.70. The number of H-pyrrole nitrogens is 1. The second-order valence-corrected chi connectivity index (χ2v) is 9.18. The summed E-state index contributed by atoms with van der Waals surface area (Å²) in [5.74, 6) is 0.177. The number of fused-ring (bicyclic) bond motifs is 2. The van der Waals surface area contributed by atoms with Gasteiger partial charge in [0, 0.05) is 35.6 Å². The van der Waals surface area contributed by atoms with Crippen molar-refractivity contribution in [3.63, 3.8) is 0 Å². The molecule has 34 heavy (non-hydrogen) atoms. The van der Waals surface area contributed by atoms with Gasteiger partial charge in [0.1, 0.15) is 12.0 Å². The first kappa shape index (κ1) is 22.5. The van der Waals surface area contributed by atoms with Crippen LogP contribution in [0.3, 0.4) is 0 Å². The van der Waals surface area contributed by atoms with Crippen LogP contribution in [-0.2, 0) is 11.3 Å². The van der Waals surface area contributed by atoms with Gasteiger partial charge in [0.2, 0.25) is 5.91 Å². The lowest BCUT2D eigenvalue weighted by Gasteiger charge is -2.29. The quantitative estimate of drug-likeness (QED) is 0.375. The first-order valence-electron chi connectivity index (χ1n) is 11.2. The van der Waals surface area contributed by atoms with Gasteiger partial charge in [-0.1, -0.05) is 37.6 Å². The molecule has 9 nitrogen and oxygen atoms in total. The highest BCUT2D eigenvalue weighted by molar-refractivity contribution is 6.30. The number of aliphatic hydroxyl groups excluding tert-OH is 1. The molecule has 0 aliphatic carbocycles. The van der Waals surface area contributed by atoms with E-state index in [0.29, 0.717) is 23.9 Å². The number of carbonyl (C=O) groups is 1. The van der Waals surface area contributed by atoms with Crippen LogP contribution in [0.4, 0.5) is 0 Å². The van der Waals surface area contributed by atoms with Crippen molar-refractivity contribution in [1.82, 2.24) is 34.9 Å². The molecule has 1 amide bonds. The Balaban J connectivity index is 1.44. The fourth-order valence-corrected chi connectivity index (χ4v) is 4.56. The maximum atomic E-state index is 13.8. The second kappa shape index (κ2) is 9.17. The summed E-state index contributed by atoms with van der Waals surface area (Å²) in [4.78, 5) is 27.2. The number of hydrogen-bond acceptors (Lipinski definition) is 6. The fourth-order valence-electron chi connectivity index (χ4n) is 4.44. The molecule has 0 spiro atoms. The van der Waals surface area contributed by atoms with Crippen LogP contribution in [0.2, 0.25) is 5.02 Å². The number of aromatic nitrogens is 5. The van der Waals surface area contributed by atoms with E-state index in [2.05, 4.69) is 20.3 Å². The van der Waals surface area contributed by atoms with Crippen molar-refractivity contribution in [2.45, 2.75) is 38.4 Å². The summed E-state index contributed by atoms with van der Waals surface area (Å²) in [6.45, 7) is 4.70. The zero-order valence-electron chi connectivity index (χ0n) is 18.9. The maximum Gasteiger partial charge on any atom is 0.232 e. The topological polar surface area (TPSA) is 112 Å². The number of benzene rings is 1. The predicted octanol–water partition coefficient (Wildman–Crippen LogP) is 2.95. The molecule has 3 aromatic heterocycles. The highest BCUT2D eigenvalue weighted by Gasteiger charge is 2.39. The van der Waals surface area contributed by atoms with Gasteiger partial charge in [-0.15, -0.1) is 0 Å². The lowest BCUT2D eigenvalue weighted by atomic mass is 9.96. The molecule has 5 rings (SSSR count). The van der Waals surface area contributed by atoms with Gasteiger partial charge in [0.25, 0.3) is 0 Å². The molecular weight excluding hydrogens is 454 g/mol. The molecule has 1 aliphatic rings. The number of halogens is 1. The molecular formula is C24H26ClN7O2. The number of aliphatic hydroxyl groups is 1. The van der Waals surface area contributed by atoms with E-state index < -0.39 is 12.0 Å². The van der Waals surface area contributed by atoms with Crippen LogP contribution >= 0.6 is 11.6 Å². The van der Waals surface area contributed by atoms with Crippen LogP contribution in [0.25, 0.3) is 16.9 Å². The first-order chi connectivity index (χ1) is 16.5. The summed E-state index contributed by atoms with van der Waals surface area (Å²) in [5, 5.41) is 19.8. The Hall–Kier alpha value is -3.27. The average molecular weight is 480 g/mol. The van der Waals surface area contributed by atoms with Crippen LogP contribution in [-0.4, -0.2) is 59.8 Å². The molecule has 0 radical (unpaired) electrons. The second-order valence-electron chi connectivity index (χ2n) is 8.74. The van der Waals surface area contributed by atoms with E-state index >= 15 is 0 Å².